The zero-order valence-corrected chi connectivity index (χ0v) is 11.4. The lowest BCUT2D eigenvalue weighted by atomic mass is 10.0. The highest BCUT2D eigenvalue weighted by atomic mass is 79.9. The maximum atomic E-state index is 13.7. The molecular weight excluding hydrogens is 299 g/mol. The van der Waals surface area contributed by atoms with Gasteiger partial charge in [-0.05, 0) is 30.0 Å². The summed E-state index contributed by atoms with van der Waals surface area (Å²) in [6.45, 7) is 3.41. The average molecular weight is 313 g/mol. The van der Waals surface area contributed by atoms with E-state index in [-0.39, 0.29) is 11.5 Å². The van der Waals surface area contributed by atoms with Gasteiger partial charge >= 0.3 is 0 Å². The highest BCUT2D eigenvalue weighted by Gasteiger charge is 2.38. The van der Waals surface area contributed by atoms with Crippen molar-refractivity contribution in [2.24, 2.45) is 11.8 Å². The van der Waals surface area contributed by atoms with E-state index in [9.17, 15) is 9.18 Å². The lowest BCUT2D eigenvalue weighted by Crippen LogP contribution is -2.32. The Balaban J connectivity index is 1.81. The predicted molar refractivity (Wildman–Crippen MR) is 69.9 cm³/mol. The van der Waals surface area contributed by atoms with E-state index in [1.54, 1.807) is 17.0 Å². The van der Waals surface area contributed by atoms with Crippen LogP contribution in [0.1, 0.15) is 10.4 Å². The van der Waals surface area contributed by atoms with E-state index in [4.69, 9.17) is 0 Å². The van der Waals surface area contributed by atoms with Gasteiger partial charge in [-0.3, -0.25) is 4.79 Å². The van der Waals surface area contributed by atoms with Crippen LogP contribution in [0.5, 0.6) is 0 Å². The molecule has 2 aliphatic rings. The summed E-state index contributed by atoms with van der Waals surface area (Å²) >= 11 is 3.27. The molecule has 3 nitrogen and oxygen atoms in total. The van der Waals surface area contributed by atoms with Crippen molar-refractivity contribution in [2.75, 3.05) is 26.2 Å². The second-order valence-corrected chi connectivity index (χ2v) is 5.93. The number of halogens is 2. The van der Waals surface area contributed by atoms with E-state index in [1.807, 2.05) is 0 Å². The molecule has 0 radical (unpaired) electrons. The molecule has 2 heterocycles. The summed E-state index contributed by atoms with van der Waals surface area (Å²) in [5.74, 6) is 0.426. The minimum atomic E-state index is -0.446. The standard InChI is InChI=1S/C13H14BrFN2O/c14-10-1-2-12(15)11(3-10)13(18)17-6-8-4-16-5-9(8)7-17/h1-3,8-9,16H,4-7H2/t8-,9+. The van der Waals surface area contributed by atoms with E-state index in [0.29, 0.717) is 11.8 Å². The molecule has 0 saturated carbocycles. The van der Waals surface area contributed by atoms with Gasteiger partial charge in [0.15, 0.2) is 0 Å². The third-order valence-corrected chi connectivity index (χ3v) is 4.33. The fraction of sp³-hybridized carbons (Fsp3) is 0.462. The lowest BCUT2D eigenvalue weighted by molar-refractivity contribution is 0.0777. The Hall–Kier alpha value is -0.940. The van der Waals surface area contributed by atoms with Crippen molar-refractivity contribution in [1.29, 1.82) is 0 Å². The quantitative estimate of drug-likeness (QED) is 0.859. The van der Waals surface area contributed by atoms with Gasteiger partial charge in [0.2, 0.25) is 0 Å². The number of benzene rings is 1. The molecule has 1 N–H and O–H groups in total. The Labute approximate surface area is 113 Å². The first-order chi connectivity index (χ1) is 8.65. The maximum absolute atomic E-state index is 13.7. The van der Waals surface area contributed by atoms with E-state index in [1.165, 1.54) is 6.07 Å². The van der Waals surface area contributed by atoms with Crippen LogP contribution in [-0.2, 0) is 0 Å². The van der Waals surface area contributed by atoms with Gasteiger partial charge in [0.05, 0.1) is 5.56 Å². The molecule has 5 heteroatoms. The van der Waals surface area contributed by atoms with Crippen LogP contribution in [-0.4, -0.2) is 37.0 Å². The number of fused-ring (bicyclic) bond motifs is 1. The summed E-state index contributed by atoms with van der Waals surface area (Å²) in [6.07, 6.45) is 0. The van der Waals surface area contributed by atoms with E-state index in [2.05, 4.69) is 21.2 Å². The van der Waals surface area contributed by atoms with Gasteiger partial charge in [-0.25, -0.2) is 4.39 Å². The maximum Gasteiger partial charge on any atom is 0.256 e. The predicted octanol–water partition coefficient (Wildman–Crippen LogP) is 1.88. The number of carbonyl (C=O) groups excluding carboxylic acids is 1. The zero-order chi connectivity index (χ0) is 12.7. The average Bonchev–Trinajstić information content (AvgIpc) is 2.91. The van der Waals surface area contributed by atoms with Crippen LogP contribution in [0, 0.1) is 17.7 Å². The summed E-state index contributed by atoms with van der Waals surface area (Å²) < 4.78 is 14.4. The van der Waals surface area contributed by atoms with Crippen LogP contribution < -0.4 is 5.32 Å². The summed E-state index contributed by atoms with van der Waals surface area (Å²) in [4.78, 5) is 14.1. The number of amides is 1. The van der Waals surface area contributed by atoms with Crippen molar-refractivity contribution >= 4 is 21.8 Å². The smallest absolute Gasteiger partial charge is 0.256 e. The van der Waals surface area contributed by atoms with Gasteiger partial charge in [0.1, 0.15) is 5.82 Å². The normalized spacial score (nSPS) is 26.4. The molecule has 2 atom stereocenters. The monoisotopic (exact) mass is 312 g/mol. The second kappa shape index (κ2) is 4.63. The number of rotatable bonds is 1. The first-order valence-corrected chi connectivity index (χ1v) is 6.89. The Morgan fingerprint density at radius 3 is 2.67 bits per heavy atom. The molecule has 2 fully saturated rings. The molecule has 0 bridgehead atoms. The zero-order valence-electron chi connectivity index (χ0n) is 9.83. The molecule has 2 aliphatic heterocycles. The summed E-state index contributed by atoms with van der Waals surface area (Å²) in [7, 11) is 0. The molecule has 0 aliphatic carbocycles. The topological polar surface area (TPSA) is 32.3 Å². The number of hydrogen-bond donors (Lipinski definition) is 1. The first-order valence-electron chi connectivity index (χ1n) is 6.10. The minimum absolute atomic E-state index is 0.164. The fourth-order valence-electron chi connectivity index (χ4n) is 2.85. The molecule has 1 amide bonds. The minimum Gasteiger partial charge on any atom is -0.338 e. The van der Waals surface area contributed by atoms with Crippen LogP contribution in [0.25, 0.3) is 0 Å². The second-order valence-electron chi connectivity index (χ2n) is 5.01. The number of nitrogens with one attached hydrogen (secondary N) is 1. The van der Waals surface area contributed by atoms with Crippen molar-refractivity contribution in [1.82, 2.24) is 10.2 Å². The van der Waals surface area contributed by atoms with Gasteiger partial charge in [-0.2, -0.15) is 0 Å². The fourth-order valence-corrected chi connectivity index (χ4v) is 3.21. The number of likely N-dealkylation sites (tertiary alicyclic amines) is 1. The third kappa shape index (κ3) is 2.06. The molecule has 2 saturated heterocycles. The number of hydrogen-bond acceptors (Lipinski definition) is 2. The van der Waals surface area contributed by atoms with Crippen molar-refractivity contribution in [3.63, 3.8) is 0 Å². The summed E-state index contributed by atoms with van der Waals surface area (Å²) in [5.41, 5.74) is 0.164. The molecule has 0 spiro atoms. The Bertz CT molecular complexity index is 482. The molecule has 0 aromatic heterocycles. The van der Waals surface area contributed by atoms with Crippen molar-refractivity contribution in [3.8, 4) is 0 Å². The van der Waals surface area contributed by atoms with Crippen LogP contribution >= 0.6 is 15.9 Å². The molecular formula is C13H14BrFN2O. The van der Waals surface area contributed by atoms with Crippen LogP contribution in [0.2, 0.25) is 0 Å². The van der Waals surface area contributed by atoms with Crippen molar-refractivity contribution in [3.05, 3.63) is 34.1 Å². The third-order valence-electron chi connectivity index (χ3n) is 3.84. The SMILES string of the molecule is O=C(c1cc(Br)ccc1F)N1C[C@H]2CNC[C@H]2C1. The summed E-state index contributed by atoms with van der Waals surface area (Å²) in [6, 6.07) is 4.49. The molecule has 0 unspecified atom stereocenters. The van der Waals surface area contributed by atoms with Gasteiger partial charge in [0, 0.05) is 30.7 Å². The van der Waals surface area contributed by atoms with Gasteiger partial charge in [0.25, 0.3) is 5.91 Å². The highest BCUT2D eigenvalue weighted by Crippen LogP contribution is 2.28. The van der Waals surface area contributed by atoms with Crippen LogP contribution in [0.15, 0.2) is 22.7 Å². The number of nitrogens with zero attached hydrogens (tertiary/aromatic N) is 1. The number of carbonyl (C=O) groups is 1. The molecule has 18 heavy (non-hydrogen) atoms. The molecule has 3 rings (SSSR count). The Kier molecular flexibility index (Phi) is 3.11. The van der Waals surface area contributed by atoms with Gasteiger partial charge in [-0.1, -0.05) is 15.9 Å². The van der Waals surface area contributed by atoms with Crippen molar-refractivity contribution < 1.29 is 9.18 Å². The van der Waals surface area contributed by atoms with E-state index < -0.39 is 5.82 Å². The van der Waals surface area contributed by atoms with Gasteiger partial charge < -0.3 is 10.2 Å². The van der Waals surface area contributed by atoms with Gasteiger partial charge in [-0.15, -0.1) is 0 Å². The van der Waals surface area contributed by atoms with E-state index >= 15 is 0 Å². The Morgan fingerprint density at radius 1 is 1.33 bits per heavy atom. The molecule has 96 valence electrons. The Morgan fingerprint density at radius 2 is 2.00 bits per heavy atom. The molecule has 1 aromatic rings. The lowest BCUT2D eigenvalue weighted by Gasteiger charge is -2.18. The van der Waals surface area contributed by atoms with Crippen molar-refractivity contribution in [2.45, 2.75) is 0 Å². The first kappa shape index (κ1) is 12.1. The molecule has 1 aromatic carbocycles. The van der Waals surface area contributed by atoms with Crippen LogP contribution in [0.4, 0.5) is 4.39 Å². The largest absolute Gasteiger partial charge is 0.338 e. The summed E-state index contributed by atoms with van der Waals surface area (Å²) in [5, 5.41) is 3.32. The van der Waals surface area contributed by atoms with Crippen LogP contribution in [0.3, 0.4) is 0 Å². The van der Waals surface area contributed by atoms with E-state index in [0.717, 1.165) is 30.7 Å². The highest BCUT2D eigenvalue weighted by molar-refractivity contribution is 9.10.